The molecular formula is C18H24F2N4O7. The quantitative estimate of drug-likeness (QED) is 0.359. The number of hydrogen-bond donors (Lipinski definition) is 4. The smallest absolute Gasteiger partial charge is 0.387 e. The van der Waals surface area contributed by atoms with E-state index in [0.717, 1.165) is 18.3 Å². The number of nitrogens with zero attached hydrogens (tertiary/aromatic N) is 2. The van der Waals surface area contributed by atoms with E-state index in [-0.39, 0.29) is 18.0 Å². The van der Waals surface area contributed by atoms with Crippen molar-refractivity contribution in [2.45, 2.75) is 31.7 Å². The van der Waals surface area contributed by atoms with Crippen molar-refractivity contribution in [1.82, 2.24) is 20.5 Å². The van der Waals surface area contributed by atoms with E-state index in [9.17, 15) is 33.4 Å². The normalized spacial score (nSPS) is 17.5. The second-order valence-electron chi connectivity index (χ2n) is 6.74. The fourth-order valence-electron chi connectivity index (χ4n) is 2.78. The van der Waals surface area contributed by atoms with E-state index in [2.05, 4.69) is 20.4 Å². The molecule has 31 heavy (non-hydrogen) atoms. The number of rotatable bonds is 10. The molecule has 0 saturated carbocycles. The number of carbonyl (C=O) groups is 3. The Hall–Kier alpha value is -2.90. The minimum absolute atomic E-state index is 0.0585. The molecule has 1 aliphatic heterocycles. The van der Waals surface area contributed by atoms with E-state index in [4.69, 9.17) is 4.74 Å². The van der Waals surface area contributed by atoms with Gasteiger partial charge in [-0.05, 0) is 19.1 Å². The van der Waals surface area contributed by atoms with Crippen molar-refractivity contribution in [2.75, 3.05) is 32.8 Å². The molecule has 1 aliphatic rings. The number of nitrogens with one attached hydrogen (secondary N) is 2. The zero-order valence-corrected chi connectivity index (χ0v) is 16.7. The van der Waals surface area contributed by atoms with Crippen molar-refractivity contribution < 1.29 is 42.9 Å². The number of alkyl halides is 2. The van der Waals surface area contributed by atoms with Crippen LogP contribution in [0, 0.1) is 0 Å². The van der Waals surface area contributed by atoms with Crippen LogP contribution in [0.1, 0.15) is 18.7 Å². The number of halogens is 2. The lowest BCUT2D eigenvalue weighted by Gasteiger charge is -2.27. The third-order valence-electron chi connectivity index (χ3n) is 4.41. The predicted octanol–water partition coefficient (Wildman–Crippen LogP) is -0.877. The Labute approximate surface area is 176 Å². The molecule has 3 atom stereocenters. The second-order valence-corrected chi connectivity index (χ2v) is 6.74. The Balaban J connectivity index is 1.93. The Morgan fingerprint density at radius 2 is 1.94 bits per heavy atom. The second kappa shape index (κ2) is 11.5. The van der Waals surface area contributed by atoms with E-state index in [1.54, 1.807) is 0 Å². The summed E-state index contributed by atoms with van der Waals surface area (Å²) < 4.78 is 33.7. The van der Waals surface area contributed by atoms with Gasteiger partial charge in [-0.25, -0.2) is 4.79 Å². The summed E-state index contributed by atoms with van der Waals surface area (Å²) in [6.45, 7) is 0.527. The van der Waals surface area contributed by atoms with Crippen molar-refractivity contribution in [3.05, 3.63) is 24.0 Å². The van der Waals surface area contributed by atoms with Gasteiger partial charge in [0.05, 0.1) is 31.6 Å². The monoisotopic (exact) mass is 446 g/mol. The first-order valence-electron chi connectivity index (χ1n) is 9.39. The first-order valence-corrected chi connectivity index (χ1v) is 9.39. The number of aliphatic carboxylic acids is 1. The maximum atomic E-state index is 12.3. The molecule has 2 rings (SSSR count). The van der Waals surface area contributed by atoms with Gasteiger partial charge in [-0.1, -0.05) is 0 Å². The van der Waals surface area contributed by atoms with Gasteiger partial charge in [0.2, 0.25) is 11.8 Å². The first-order chi connectivity index (χ1) is 14.7. The molecule has 0 aromatic carbocycles. The zero-order chi connectivity index (χ0) is 23.0. The molecule has 2 heterocycles. The average molecular weight is 446 g/mol. The molecule has 1 fully saturated rings. The Morgan fingerprint density at radius 1 is 1.26 bits per heavy atom. The summed E-state index contributed by atoms with van der Waals surface area (Å²) in [5.74, 6) is -3.09. The highest BCUT2D eigenvalue weighted by molar-refractivity contribution is 5.90. The zero-order valence-electron chi connectivity index (χ0n) is 16.7. The molecule has 172 valence electrons. The molecule has 0 radical (unpaired) electrons. The van der Waals surface area contributed by atoms with Gasteiger partial charge in [0.15, 0.2) is 6.04 Å². The number of morpholine rings is 1. The largest absolute Gasteiger partial charge is 0.480 e. The number of aromatic nitrogens is 1. The molecule has 0 spiro atoms. The summed E-state index contributed by atoms with van der Waals surface area (Å²) in [5.41, 5.74) is -0.182. The van der Waals surface area contributed by atoms with Crippen LogP contribution >= 0.6 is 0 Å². The molecule has 11 nitrogen and oxygen atoms in total. The summed E-state index contributed by atoms with van der Waals surface area (Å²) >= 11 is 0. The summed E-state index contributed by atoms with van der Waals surface area (Å²) in [7, 11) is 0. The van der Waals surface area contributed by atoms with Crippen molar-refractivity contribution in [1.29, 1.82) is 0 Å². The van der Waals surface area contributed by atoms with Crippen LogP contribution < -0.4 is 15.4 Å². The average Bonchev–Trinajstić information content (AvgIpc) is 2.71. The third kappa shape index (κ3) is 7.70. The number of aliphatic hydroxyl groups is 1. The molecule has 4 N–H and O–H groups in total. The highest BCUT2D eigenvalue weighted by atomic mass is 19.3. The number of carbonyl (C=O) groups excluding carboxylic acids is 2. The Kier molecular flexibility index (Phi) is 9.03. The molecular weight excluding hydrogens is 422 g/mol. The van der Waals surface area contributed by atoms with Gasteiger partial charge in [0.25, 0.3) is 0 Å². The maximum Gasteiger partial charge on any atom is 0.387 e. The first kappa shape index (κ1) is 24.4. The van der Waals surface area contributed by atoms with Crippen molar-refractivity contribution in [2.24, 2.45) is 0 Å². The Bertz CT molecular complexity index is 760. The van der Waals surface area contributed by atoms with E-state index in [1.807, 2.05) is 4.90 Å². The molecule has 0 aliphatic carbocycles. The summed E-state index contributed by atoms with van der Waals surface area (Å²) in [5, 5.41) is 24.3. The van der Waals surface area contributed by atoms with Crippen LogP contribution in [0.4, 0.5) is 8.78 Å². The van der Waals surface area contributed by atoms with Crippen LogP contribution in [0.15, 0.2) is 18.3 Å². The van der Waals surface area contributed by atoms with Gasteiger partial charge in [0, 0.05) is 13.1 Å². The lowest BCUT2D eigenvalue weighted by molar-refractivity contribution is -0.145. The topological polar surface area (TPSA) is 150 Å². The van der Waals surface area contributed by atoms with Crippen LogP contribution in [-0.2, 0) is 19.1 Å². The Morgan fingerprint density at radius 3 is 2.48 bits per heavy atom. The number of carboxylic acid groups (broad SMARTS) is 1. The molecule has 1 aromatic rings. The van der Waals surface area contributed by atoms with Crippen LogP contribution in [0.3, 0.4) is 0 Å². The SMILES string of the molecule is C[C@H](NC(=O)CN1CCOCC1)C(=O)N[C@H](C(=O)O)[C@H](O)c1ccc(OC(F)F)cn1. The number of hydrogen-bond acceptors (Lipinski definition) is 8. The van der Waals surface area contributed by atoms with Crippen LogP contribution in [-0.4, -0.2) is 89.4 Å². The minimum Gasteiger partial charge on any atom is -0.480 e. The van der Waals surface area contributed by atoms with Gasteiger partial charge >= 0.3 is 12.6 Å². The fourth-order valence-corrected chi connectivity index (χ4v) is 2.78. The van der Waals surface area contributed by atoms with Crippen molar-refractivity contribution in [3.8, 4) is 5.75 Å². The molecule has 13 heteroatoms. The molecule has 2 amide bonds. The molecule has 1 aromatic heterocycles. The molecule has 0 bridgehead atoms. The van der Waals surface area contributed by atoms with Gasteiger partial charge in [0.1, 0.15) is 17.9 Å². The van der Waals surface area contributed by atoms with Crippen LogP contribution in [0.5, 0.6) is 5.75 Å². The number of pyridine rings is 1. The maximum absolute atomic E-state index is 12.3. The number of amides is 2. The fraction of sp³-hybridized carbons (Fsp3) is 0.556. The van der Waals surface area contributed by atoms with Crippen LogP contribution in [0.2, 0.25) is 0 Å². The summed E-state index contributed by atoms with van der Waals surface area (Å²) in [4.78, 5) is 41.5. The summed E-state index contributed by atoms with van der Waals surface area (Å²) in [6.07, 6.45) is -0.891. The lowest BCUT2D eigenvalue weighted by Crippen LogP contribution is -2.53. The van der Waals surface area contributed by atoms with E-state index in [0.29, 0.717) is 26.3 Å². The number of ether oxygens (including phenoxy) is 2. The van der Waals surface area contributed by atoms with Gasteiger partial charge in [-0.15, -0.1) is 0 Å². The van der Waals surface area contributed by atoms with Crippen molar-refractivity contribution >= 4 is 17.8 Å². The molecule has 1 saturated heterocycles. The molecule has 0 unspecified atom stereocenters. The van der Waals surface area contributed by atoms with Crippen LogP contribution in [0.25, 0.3) is 0 Å². The van der Waals surface area contributed by atoms with Gasteiger partial charge in [-0.3, -0.25) is 19.5 Å². The standard InChI is InChI=1S/C18H24F2N4O7/c1-10(22-13(25)9-24-4-6-30-7-5-24)16(27)23-14(17(28)29)15(26)12-3-2-11(8-21-12)31-18(19)20/h2-3,8,10,14-15,18,26H,4-7,9H2,1H3,(H,22,25)(H,23,27)(H,28,29)/t10-,14-,15+/m0/s1. The summed E-state index contributed by atoms with van der Waals surface area (Å²) in [6, 6.07) is -0.692. The van der Waals surface area contributed by atoms with E-state index < -0.39 is 42.6 Å². The highest BCUT2D eigenvalue weighted by Crippen LogP contribution is 2.19. The third-order valence-corrected chi connectivity index (χ3v) is 4.41. The van der Waals surface area contributed by atoms with Gasteiger partial charge in [-0.2, -0.15) is 8.78 Å². The number of carboxylic acids is 1. The lowest BCUT2D eigenvalue weighted by atomic mass is 10.1. The predicted molar refractivity (Wildman–Crippen MR) is 100 cm³/mol. The number of aliphatic hydroxyl groups excluding tert-OH is 1. The van der Waals surface area contributed by atoms with Crippen molar-refractivity contribution in [3.63, 3.8) is 0 Å². The van der Waals surface area contributed by atoms with E-state index >= 15 is 0 Å². The van der Waals surface area contributed by atoms with Gasteiger partial charge < -0.3 is 30.3 Å². The minimum atomic E-state index is -3.07. The van der Waals surface area contributed by atoms with E-state index in [1.165, 1.54) is 6.92 Å². The highest BCUT2D eigenvalue weighted by Gasteiger charge is 2.32.